The van der Waals surface area contributed by atoms with Crippen molar-refractivity contribution in [2.24, 2.45) is 17.6 Å². The van der Waals surface area contributed by atoms with Gasteiger partial charge >= 0.3 is 0 Å². The van der Waals surface area contributed by atoms with Crippen LogP contribution in [0.1, 0.15) is 51.5 Å². The van der Waals surface area contributed by atoms with Crippen molar-refractivity contribution < 1.29 is 9.53 Å². The zero-order valence-electron chi connectivity index (χ0n) is 14.8. The molecule has 0 spiro atoms. The van der Waals surface area contributed by atoms with Crippen LogP contribution in [0.3, 0.4) is 0 Å². The van der Waals surface area contributed by atoms with Crippen LogP contribution in [0.4, 0.5) is 0 Å². The van der Waals surface area contributed by atoms with Crippen molar-refractivity contribution >= 4 is 5.91 Å². The molecule has 4 nitrogen and oxygen atoms in total. The van der Waals surface area contributed by atoms with Gasteiger partial charge in [-0.3, -0.25) is 4.79 Å². The molecule has 1 aromatic rings. The predicted octanol–water partition coefficient (Wildman–Crippen LogP) is 3.04. The monoisotopic (exact) mass is 330 g/mol. The highest BCUT2D eigenvalue weighted by molar-refractivity contribution is 5.79. The molecule has 0 aromatic heterocycles. The van der Waals surface area contributed by atoms with Gasteiger partial charge in [-0.25, -0.2) is 0 Å². The fourth-order valence-electron chi connectivity index (χ4n) is 4.45. The third-order valence-electron chi connectivity index (χ3n) is 5.39. The molecule has 0 saturated heterocycles. The normalized spacial score (nSPS) is 29.3. The Kier molecular flexibility index (Phi) is 5.44. The standard InChI is InChI=1S/C20H30N2O2/c1-13(2)24-18-9-4-3-6-14(18)12-19(23)22-20-15-7-5-8-16(20)11-17(21)10-15/h3-4,6,9,13,15-17,20H,5,7-8,10-12,21H2,1-2H3,(H,22,23). The summed E-state index contributed by atoms with van der Waals surface area (Å²) in [6.45, 7) is 4.01. The first-order valence-corrected chi connectivity index (χ1v) is 9.32. The molecular formula is C20H30N2O2. The number of para-hydroxylation sites is 1. The van der Waals surface area contributed by atoms with E-state index in [9.17, 15) is 4.79 Å². The molecule has 2 fully saturated rings. The van der Waals surface area contributed by atoms with E-state index in [-0.39, 0.29) is 12.0 Å². The van der Waals surface area contributed by atoms with E-state index in [2.05, 4.69) is 5.32 Å². The highest BCUT2D eigenvalue weighted by Crippen LogP contribution is 2.39. The highest BCUT2D eigenvalue weighted by atomic mass is 16.5. The van der Waals surface area contributed by atoms with Crippen molar-refractivity contribution in [3.05, 3.63) is 29.8 Å². The van der Waals surface area contributed by atoms with E-state index in [1.807, 2.05) is 38.1 Å². The van der Waals surface area contributed by atoms with Gasteiger partial charge in [0, 0.05) is 17.6 Å². The van der Waals surface area contributed by atoms with Gasteiger partial charge < -0.3 is 15.8 Å². The average Bonchev–Trinajstić information content (AvgIpc) is 2.49. The Morgan fingerprint density at radius 1 is 1.25 bits per heavy atom. The van der Waals surface area contributed by atoms with Crippen molar-refractivity contribution in [1.29, 1.82) is 0 Å². The van der Waals surface area contributed by atoms with Crippen molar-refractivity contribution in [2.75, 3.05) is 0 Å². The van der Waals surface area contributed by atoms with E-state index in [4.69, 9.17) is 10.5 Å². The van der Waals surface area contributed by atoms with Crippen molar-refractivity contribution in [2.45, 2.75) is 70.6 Å². The number of rotatable bonds is 5. The van der Waals surface area contributed by atoms with Gasteiger partial charge in [-0.05, 0) is 57.4 Å². The second-order valence-electron chi connectivity index (χ2n) is 7.73. The van der Waals surface area contributed by atoms with Crippen LogP contribution >= 0.6 is 0 Å². The maximum absolute atomic E-state index is 12.6. The number of nitrogens with two attached hydrogens (primary N) is 1. The van der Waals surface area contributed by atoms with Crippen molar-refractivity contribution in [3.63, 3.8) is 0 Å². The number of ether oxygens (including phenoxy) is 1. The lowest BCUT2D eigenvalue weighted by Gasteiger charge is -2.45. The van der Waals surface area contributed by atoms with Crippen LogP contribution in [-0.2, 0) is 11.2 Å². The number of hydrogen-bond acceptors (Lipinski definition) is 3. The molecule has 0 aliphatic heterocycles. The molecule has 2 aliphatic carbocycles. The van der Waals surface area contributed by atoms with E-state index in [1.165, 1.54) is 19.3 Å². The maximum atomic E-state index is 12.6. The van der Waals surface area contributed by atoms with Crippen LogP contribution in [0.5, 0.6) is 5.75 Å². The fourth-order valence-corrected chi connectivity index (χ4v) is 4.45. The lowest BCUT2D eigenvalue weighted by atomic mass is 9.67. The summed E-state index contributed by atoms with van der Waals surface area (Å²) in [4.78, 5) is 12.6. The molecule has 3 rings (SSSR count). The van der Waals surface area contributed by atoms with E-state index < -0.39 is 0 Å². The zero-order chi connectivity index (χ0) is 17.1. The summed E-state index contributed by atoms with van der Waals surface area (Å²) in [6, 6.07) is 8.46. The minimum absolute atomic E-state index is 0.104. The molecule has 0 heterocycles. The first kappa shape index (κ1) is 17.3. The Morgan fingerprint density at radius 2 is 1.92 bits per heavy atom. The molecule has 132 valence electrons. The van der Waals surface area contributed by atoms with Crippen LogP contribution < -0.4 is 15.8 Å². The van der Waals surface area contributed by atoms with Crippen LogP contribution in [0.25, 0.3) is 0 Å². The Hall–Kier alpha value is -1.55. The molecule has 2 unspecified atom stereocenters. The Balaban J connectivity index is 1.64. The van der Waals surface area contributed by atoms with Gasteiger partial charge in [0.1, 0.15) is 5.75 Å². The summed E-state index contributed by atoms with van der Waals surface area (Å²) < 4.78 is 5.83. The number of carbonyl (C=O) groups is 1. The average molecular weight is 330 g/mol. The van der Waals surface area contributed by atoms with Crippen LogP contribution in [0, 0.1) is 11.8 Å². The second-order valence-corrected chi connectivity index (χ2v) is 7.73. The highest BCUT2D eigenvalue weighted by Gasteiger charge is 2.39. The molecule has 2 atom stereocenters. The Labute approximate surface area is 145 Å². The quantitative estimate of drug-likeness (QED) is 0.872. The minimum Gasteiger partial charge on any atom is -0.491 e. The van der Waals surface area contributed by atoms with Crippen molar-refractivity contribution in [1.82, 2.24) is 5.32 Å². The summed E-state index contributed by atoms with van der Waals surface area (Å²) in [5.41, 5.74) is 7.14. The first-order chi connectivity index (χ1) is 11.5. The second kappa shape index (κ2) is 7.56. The van der Waals surface area contributed by atoms with Crippen LogP contribution in [0.15, 0.2) is 24.3 Å². The van der Waals surface area contributed by atoms with Crippen LogP contribution in [-0.4, -0.2) is 24.1 Å². The molecule has 1 aromatic carbocycles. The molecule has 0 radical (unpaired) electrons. The number of carbonyl (C=O) groups excluding carboxylic acids is 1. The smallest absolute Gasteiger partial charge is 0.224 e. The van der Waals surface area contributed by atoms with Gasteiger partial charge in [0.05, 0.1) is 12.5 Å². The van der Waals surface area contributed by atoms with Gasteiger partial charge in [-0.15, -0.1) is 0 Å². The third kappa shape index (κ3) is 4.10. The maximum Gasteiger partial charge on any atom is 0.224 e. The first-order valence-electron chi connectivity index (χ1n) is 9.32. The SMILES string of the molecule is CC(C)Oc1ccccc1CC(=O)NC1C2CCCC1CC(N)C2. The lowest BCUT2D eigenvalue weighted by Crippen LogP contribution is -2.54. The van der Waals surface area contributed by atoms with E-state index in [1.54, 1.807) is 0 Å². The van der Waals surface area contributed by atoms with Gasteiger partial charge in [0.25, 0.3) is 0 Å². The third-order valence-corrected chi connectivity index (χ3v) is 5.39. The van der Waals surface area contributed by atoms with Gasteiger partial charge in [-0.2, -0.15) is 0 Å². The summed E-state index contributed by atoms with van der Waals surface area (Å²) in [5.74, 6) is 2.03. The van der Waals surface area contributed by atoms with E-state index in [0.29, 0.717) is 30.3 Å². The Bertz CT molecular complexity index is 559. The molecule has 2 aliphatic rings. The number of amides is 1. The number of benzene rings is 1. The molecular weight excluding hydrogens is 300 g/mol. The minimum atomic E-state index is 0.104. The summed E-state index contributed by atoms with van der Waals surface area (Å²) in [7, 11) is 0. The molecule has 2 saturated carbocycles. The predicted molar refractivity (Wildman–Crippen MR) is 95.9 cm³/mol. The van der Waals surface area contributed by atoms with Crippen molar-refractivity contribution in [3.8, 4) is 5.75 Å². The van der Waals surface area contributed by atoms with Crippen LogP contribution in [0.2, 0.25) is 0 Å². The summed E-state index contributed by atoms with van der Waals surface area (Å²) in [6.07, 6.45) is 6.26. The number of fused-ring (bicyclic) bond motifs is 2. The topological polar surface area (TPSA) is 64.3 Å². The lowest BCUT2D eigenvalue weighted by molar-refractivity contribution is -0.122. The molecule has 3 N–H and O–H groups in total. The summed E-state index contributed by atoms with van der Waals surface area (Å²) in [5, 5.41) is 3.32. The molecule has 2 bridgehead atoms. The van der Waals surface area contributed by atoms with Gasteiger partial charge in [0.2, 0.25) is 5.91 Å². The largest absolute Gasteiger partial charge is 0.491 e. The number of nitrogens with one attached hydrogen (secondary N) is 1. The number of hydrogen-bond donors (Lipinski definition) is 2. The fraction of sp³-hybridized carbons (Fsp3) is 0.650. The molecule has 1 amide bonds. The van der Waals surface area contributed by atoms with Gasteiger partial charge in [0.15, 0.2) is 0 Å². The molecule has 24 heavy (non-hydrogen) atoms. The zero-order valence-corrected chi connectivity index (χ0v) is 14.8. The van der Waals surface area contributed by atoms with E-state index >= 15 is 0 Å². The molecule has 4 heteroatoms. The van der Waals surface area contributed by atoms with E-state index in [0.717, 1.165) is 24.2 Å². The Morgan fingerprint density at radius 3 is 2.58 bits per heavy atom. The van der Waals surface area contributed by atoms with Gasteiger partial charge in [-0.1, -0.05) is 24.6 Å². The summed E-state index contributed by atoms with van der Waals surface area (Å²) >= 11 is 0.